The topological polar surface area (TPSA) is 83.0 Å². The summed E-state index contributed by atoms with van der Waals surface area (Å²) in [6.45, 7) is 1.23. The van der Waals surface area contributed by atoms with Crippen molar-refractivity contribution in [2.45, 2.75) is 6.42 Å². The average Bonchev–Trinajstić information content (AvgIpc) is 2.90. The highest BCUT2D eigenvalue weighted by Crippen LogP contribution is 2.30. The first kappa shape index (κ1) is 16.9. The molecular formula is C19H17FN6O. The maximum absolute atomic E-state index is 13.5. The summed E-state index contributed by atoms with van der Waals surface area (Å²) in [6.07, 6.45) is 6.68. The molecule has 2 N–H and O–H groups in total. The molecule has 0 saturated carbocycles. The van der Waals surface area contributed by atoms with E-state index < -0.39 is 5.82 Å². The smallest absolute Gasteiger partial charge is 0.327 e. The fourth-order valence-electron chi connectivity index (χ4n) is 2.90. The second kappa shape index (κ2) is 7.36. The summed E-state index contributed by atoms with van der Waals surface area (Å²) in [5.41, 5.74) is 2.45. The van der Waals surface area contributed by atoms with E-state index in [0.717, 1.165) is 24.8 Å². The van der Waals surface area contributed by atoms with Crippen molar-refractivity contribution in [3.8, 4) is 11.3 Å². The van der Waals surface area contributed by atoms with Gasteiger partial charge in [-0.15, -0.1) is 0 Å². The SMILES string of the molecule is O=C(Nc1cccnc1)N1CCCNc2ccc(-c3cncc(F)c3)nc21. The van der Waals surface area contributed by atoms with E-state index in [-0.39, 0.29) is 6.03 Å². The predicted octanol–water partition coefficient (Wildman–Crippen LogP) is 3.53. The number of carbonyl (C=O) groups is 1. The molecule has 4 rings (SSSR count). The van der Waals surface area contributed by atoms with Gasteiger partial charge < -0.3 is 10.6 Å². The van der Waals surface area contributed by atoms with Gasteiger partial charge in [0, 0.05) is 31.0 Å². The largest absolute Gasteiger partial charge is 0.382 e. The lowest BCUT2D eigenvalue weighted by Gasteiger charge is -2.22. The van der Waals surface area contributed by atoms with E-state index in [0.29, 0.717) is 29.3 Å². The Bertz CT molecular complexity index is 965. The highest BCUT2D eigenvalue weighted by Gasteiger charge is 2.23. The number of hydrogen-bond acceptors (Lipinski definition) is 5. The van der Waals surface area contributed by atoms with Crippen molar-refractivity contribution < 1.29 is 9.18 Å². The fourth-order valence-corrected chi connectivity index (χ4v) is 2.90. The lowest BCUT2D eigenvalue weighted by molar-refractivity contribution is 0.257. The number of hydrogen-bond donors (Lipinski definition) is 2. The Kier molecular flexibility index (Phi) is 4.61. The summed E-state index contributed by atoms with van der Waals surface area (Å²) < 4.78 is 13.5. The molecule has 0 atom stereocenters. The van der Waals surface area contributed by atoms with E-state index >= 15 is 0 Å². The van der Waals surface area contributed by atoms with Gasteiger partial charge >= 0.3 is 6.03 Å². The predicted molar refractivity (Wildman–Crippen MR) is 101 cm³/mol. The molecule has 0 aromatic carbocycles. The van der Waals surface area contributed by atoms with Crippen LogP contribution in [0.1, 0.15) is 6.42 Å². The van der Waals surface area contributed by atoms with Crippen LogP contribution >= 0.6 is 0 Å². The normalized spacial score (nSPS) is 13.3. The van der Waals surface area contributed by atoms with Crippen LogP contribution in [-0.2, 0) is 0 Å². The molecule has 0 saturated heterocycles. The second-order valence-corrected chi connectivity index (χ2v) is 6.06. The first-order valence-electron chi connectivity index (χ1n) is 8.55. The van der Waals surface area contributed by atoms with Gasteiger partial charge in [-0.05, 0) is 36.8 Å². The summed E-state index contributed by atoms with van der Waals surface area (Å²) in [6, 6.07) is 8.22. The van der Waals surface area contributed by atoms with Gasteiger partial charge in [0.2, 0.25) is 0 Å². The van der Waals surface area contributed by atoms with Crippen LogP contribution in [0.4, 0.5) is 26.4 Å². The number of carbonyl (C=O) groups excluding carboxylic acids is 1. The maximum atomic E-state index is 13.5. The average molecular weight is 364 g/mol. The molecule has 0 unspecified atom stereocenters. The van der Waals surface area contributed by atoms with Crippen molar-refractivity contribution in [3.63, 3.8) is 0 Å². The monoisotopic (exact) mass is 364 g/mol. The Morgan fingerprint density at radius 2 is 2.11 bits per heavy atom. The van der Waals surface area contributed by atoms with E-state index in [9.17, 15) is 9.18 Å². The Hall–Kier alpha value is -3.55. The first-order chi connectivity index (χ1) is 13.2. The summed E-state index contributed by atoms with van der Waals surface area (Å²) in [4.78, 5) is 26.9. The second-order valence-electron chi connectivity index (χ2n) is 6.06. The standard InChI is InChI=1S/C19H17FN6O/c20-14-9-13(10-22-11-14)16-4-5-17-18(25-16)26(8-2-7-23-17)19(27)24-15-3-1-6-21-12-15/h1,3-6,9-12,23H,2,7-8H2,(H,24,27). The van der Waals surface area contributed by atoms with Gasteiger partial charge in [-0.3, -0.25) is 14.9 Å². The zero-order valence-corrected chi connectivity index (χ0v) is 14.4. The van der Waals surface area contributed by atoms with Crippen LogP contribution in [0.5, 0.6) is 0 Å². The van der Waals surface area contributed by atoms with Crippen molar-refractivity contribution in [1.82, 2.24) is 15.0 Å². The Balaban J connectivity index is 1.69. The number of urea groups is 1. The summed E-state index contributed by atoms with van der Waals surface area (Å²) >= 11 is 0. The van der Waals surface area contributed by atoms with Crippen molar-refractivity contribution >= 4 is 23.2 Å². The van der Waals surface area contributed by atoms with Crippen molar-refractivity contribution in [1.29, 1.82) is 0 Å². The third-order valence-electron chi connectivity index (χ3n) is 4.16. The molecule has 3 aromatic rings. The molecule has 3 aromatic heterocycles. The Morgan fingerprint density at radius 1 is 1.19 bits per heavy atom. The number of anilines is 3. The third kappa shape index (κ3) is 3.69. The minimum atomic E-state index is -0.437. The zero-order chi connectivity index (χ0) is 18.6. The molecule has 136 valence electrons. The molecule has 2 amide bonds. The van der Waals surface area contributed by atoms with Gasteiger partial charge in [0.25, 0.3) is 0 Å². The molecule has 8 heteroatoms. The molecule has 4 heterocycles. The van der Waals surface area contributed by atoms with E-state index in [2.05, 4.69) is 25.6 Å². The molecule has 1 aliphatic heterocycles. The minimum absolute atomic E-state index is 0.296. The van der Waals surface area contributed by atoms with Crippen LogP contribution in [0.25, 0.3) is 11.3 Å². The van der Waals surface area contributed by atoms with Crippen LogP contribution in [0.2, 0.25) is 0 Å². The Labute approximate surface area is 155 Å². The summed E-state index contributed by atoms with van der Waals surface area (Å²) in [5.74, 6) is 0.0594. The highest BCUT2D eigenvalue weighted by atomic mass is 19.1. The van der Waals surface area contributed by atoms with Gasteiger partial charge in [-0.1, -0.05) is 0 Å². The minimum Gasteiger partial charge on any atom is -0.382 e. The van der Waals surface area contributed by atoms with E-state index in [4.69, 9.17) is 0 Å². The lowest BCUT2D eigenvalue weighted by atomic mass is 10.2. The molecule has 0 aliphatic carbocycles. The molecule has 0 fully saturated rings. The fraction of sp³-hybridized carbons (Fsp3) is 0.158. The maximum Gasteiger partial charge on any atom is 0.327 e. The summed E-state index contributed by atoms with van der Waals surface area (Å²) in [5, 5.41) is 6.11. The van der Waals surface area contributed by atoms with Gasteiger partial charge in [0.05, 0.1) is 29.5 Å². The molecule has 7 nitrogen and oxygen atoms in total. The van der Waals surface area contributed by atoms with E-state index in [1.807, 2.05) is 6.07 Å². The summed E-state index contributed by atoms with van der Waals surface area (Å²) in [7, 11) is 0. The van der Waals surface area contributed by atoms with Crippen LogP contribution < -0.4 is 15.5 Å². The molecule has 27 heavy (non-hydrogen) atoms. The van der Waals surface area contributed by atoms with Gasteiger partial charge in [-0.25, -0.2) is 14.2 Å². The molecule has 0 radical (unpaired) electrons. The quantitative estimate of drug-likeness (QED) is 0.727. The molecule has 0 spiro atoms. The number of nitrogens with one attached hydrogen (secondary N) is 2. The molecule has 0 bridgehead atoms. The number of rotatable bonds is 2. The van der Waals surface area contributed by atoms with Crippen LogP contribution in [-0.4, -0.2) is 34.1 Å². The van der Waals surface area contributed by atoms with Gasteiger partial charge in [0.15, 0.2) is 5.82 Å². The van der Waals surface area contributed by atoms with E-state index in [1.165, 1.54) is 6.07 Å². The van der Waals surface area contributed by atoms with Crippen molar-refractivity contribution in [3.05, 3.63) is 60.9 Å². The number of halogens is 1. The Morgan fingerprint density at radius 3 is 2.93 bits per heavy atom. The molecular weight excluding hydrogens is 347 g/mol. The van der Waals surface area contributed by atoms with Crippen molar-refractivity contribution in [2.24, 2.45) is 0 Å². The zero-order valence-electron chi connectivity index (χ0n) is 14.4. The number of amides is 2. The number of fused-ring (bicyclic) bond motifs is 1. The van der Waals surface area contributed by atoms with Crippen LogP contribution in [0.15, 0.2) is 55.1 Å². The van der Waals surface area contributed by atoms with Crippen LogP contribution in [0.3, 0.4) is 0 Å². The lowest BCUT2D eigenvalue weighted by Crippen LogP contribution is -2.36. The first-order valence-corrected chi connectivity index (χ1v) is 8.55. The number of aromatic nitrogens is 3. The third-order valence-corrected chi connectivity index (χ3v) is 4.16. The number of pyridine rings is 3. The van der Waals surface area contributed by atoms with Crippen LogP contribution in [0, 0.1) is 5.82 Å². The van der Waals surface area contributed by atoms with Crippen molar-refractivity contribution in [2.75, 3.05) is 28.6 Å². The molecule has 1 aliphatic rings. The number of nitrogens with zero attached hydrogens (tertiary/aromatic N) is 4. The highest BCUT2D eigenvalue weighted by molar-refractivity contribution is 6.03. The van der Waals surface area contributed by atoms with Gasteiger partial charge in [0.1, 0.15) is 5.82 Å². The van der Waals surface area contributed by atoms with Gasteiger partial charge in [-0.2, -0.15) is 0 Å². The van der Waals surface area contributed by atoms with E-state index in [1.54, 1.807) is 41.7 Å².